The fraction of sp³-hybridized carbons (Fsp3) is 0.395. The highest BCUT2D eigenvalue weighted by Gasteiger charge is 2.46. The van der Waals surface area contributed by atoms with E-state index < -0.39 is 0 Å². The second-order valence-electron chi connectivity index (χ2n) is 14.7. The van der Waals surface area contributed by atoms with Gasteiger partial charge in [-0.3, -0.25) is 0 Å². The van der Waals surface area contributed by atoms with Crippen LogP contribution in [0.2, 0.25) is 0 Å². The third kappa shape index (κ3) is 4.56. The van der Waals surface area contributed by atoms with Gasteiger partial charge in [-0.25, -0.2) is 0 Å². The van der Waals surface area contributed by atoms with Crippen molar-refractivity contribution in [2.75, 3.05) is 0 Å². The van der Waals surface area contributed by atoms with Crippen LogP contribution < -0.4 is 0 Å². The first-order valence-electron chi connectivity index (χ1n) is 16.7. The molecule has 2 atom stereocenters. The van der Waals surface area contributed by atoms with Crippen LogP contribution in [-0.2, 0) is 10.8 Å². The Hall–Kier alpha value is -3.38. The standard InChI is InChI=1S/C23H24.C20H26/c1-14(2)19-10-8-15-6-7-16-12-18(23(3,4)5)13-17-9-11-20(19)22(15)21(16)17;1-6-20(7-2)17-11-9-8-10-16(17)18-14(4)12-13(3)15(5)19(18)20/h6-14H,1-5H3;8-12,14-15H,6-7H2,1-5H3. The van der Waals surface area contributed by atoms with Crippen molar-refractivity contribution in [1.82, 2.24) is 0 Å². The van der Waals surface area contributed by atoms with Crippen LogP contribution in [0.25, 0.3) is 37.9 Å². The van der Waals surface area contributed by atoms with Crippen molar-refractivity contribution in [2.24, 2.45) is 11.8 Å². The molecule has 0 radical (unpaired) electrons. The number of rotatable bonds is 3. The summed E-state index contributed by atoms with van der Waals surface area (Å²) in [7, 11) is 0. The summed E-state index contributed by atoms with van der Waals surface area (Å²) in [4.78, 5) is 0. The lowest BCUT2D eigenvalue weighted by atomic mass is 9.66. The van der Waals surface area contributed by atoms with Crippen molar-refractivity contribution >= 4 is 37.9 Å². The van der Waals surface area contributed by atoms with Gasteiger partial charge in [-0.1, -0.05) is 147 Å². The summed E-state index contributed by atoms with van der Waals surface area (Å²) in [5.41, 5.74) is 11.3. The Bertz CT molecular complexity index is 1860. The second kappa shape index (κ2) is 10.7. The molecule has 0 amide bonds. The zero-order chi connectivity index (χ0) is 30.8. The Morgan fingerprint density at radius 3 is 2.00 bits per heavy atom. The summed E-state index contributed by atoms with van der Waals surface area (Å²) in [5, 5.41) is 8.37. The zero-order valence-corrected chi connectivity index (χ0v) is 28.2. The van der Waals surface area contributed by atoms with Gasteiger partial charge in [-0.2, -0.15) is 0 Å². The van der Waals surface area contributed by atoms with Crippen LogP contribution >= 0.6 is 0 Å². The number of hydrogen-bond acceptors (Lipinski definition) is 0. The lowest BCUT2D eigenvalue weighted by Gasteiger charge is -2.38. The van der Waals surface area contributed by atoms with E-state index in [2.05, 4.69) is 148 Å². The van der Waals surface area contributed by atoms with Gasteiger partial charge in [0.25, 0.3) is 0 Å². The SMILES string of the molecule is CC(C)c1ccc2ccc3cc(C(C)(C)C)cc4ccc1c2c34.CCC1(CC)C2=C(c3ccccc31)C(C)C=C(C)C2C. The summed E-state index contributed by atoms with van der Waals surface area (Å²) in [6.07, 6.45) is 4.90. The first kappa shape index (κ1) is 29.7. The molecule has 7 rings (SSSR count). The highest BCUT2D eigenvalue weighted by Crippen LogP contribution is 2.58. The van der Waals surface area contributed by atoms with Crippen molar-refractivity contribution in [3.05, 3.63) is 112 Å². The predicted octanol–water partition coefficient (Wildman–Crippen LogP) is 12.7. The molecule has 43 heavy (non-hydrogen) atoms. The molecule has 222 valence electrons. The van der Waals surface area contributed by atoms with Gasteiger partial charge in [0, 0.05) is 5.41 Å². The summed E-state index contributed by atoms with van der Waals surface area (Å²) in [6.45, 7) is 23.2. The fourth-order valence-corrected chi connectivity index (χ4v) is 8.46. The predicted molar refractivity (Wildman–Crippen MR) is 191 cm³/mol. The molecule has 2 unspecified atom stereocenters. The van der Waals surface area contributed by atoms with E-state index >= 15 is 0 Å². The highest BCUT2D eigenvalue weighted by atomic mass is 14.5. The molecule has 0 saturated heterocycles. The van der Waals surface area contributed by atoms with Crippen LogP contribution in [-0.4, -0.2) is 0 Å². The van der Waals surface area contributed by atoms with Crippen LogP contribution in [0.5, 0.6) is 0 Å². The maximum Gasteiger partial charge on any atom is 0.0174 e. The van der Waals surface area contributed by atoms with Gasteiger partial charge in [-0.05, 0) is 109 Å². The van der Waals surface area contributed by atoms with E-state index in [1.807, 2.05) is 0 Å². The van der Waals surface area contributed by atoms with Crippen LogP contribution in [0.1, 0.15) is 110 Å². The van der Waals surface area contributed by atoms with Crippen LogP contribution in [0.4, 0.5) is 0 Å². The minimum Gasteiger partial charge on any atom is -0.0777 e. The molecule has 0 N–H and O–H groups in total. The van der Waals surface area contributed by atoms with E-state index in [1.54, 1.807) is 22.3 Å². The first-order valence-corrected chi connectivity index (χ1v) is 16.7. The Morgan fingerprint density at radius 2 is 1.37 bits per heavy atom. The minimum atomic E-state index is 0.174. The molecule has 0 heterocycles. The van der Waals surface area contributed by atoms with Crippen LogP contribution in [0, 0.1) is 11.8 Å². The van der Waals surface area contributed by atoms with E-state index in [0.29, 0.717) is 17.8 Å². The monoisotopic (exact) mass is 566 g/mol. The van der Waals surface area contributed by atoms with Gasteiger partial charge in [0.2, 0.25) is 0 Å². The third-order valence-electron chi connectivity index (χ3n) is 11.0. The molecule has 0 spiro atoms. The van der Waals surface area contributed by atoms with Gasteiger partial charge >= 0.3 is 0 Å². The van der Waals surface area contributed by atoms with E-state index in [0.717, 1.165) is 0 Å². The van der Waals surface area contributed by atoms with Gasteiger partial charge in [-0.15, -0.1) is 0 Å². The van der Waals surface area contributed by atoms with Crippen molar-refractivity contribution in [1.29, 1.82) is 0 Å². The largest absolute Gasteiger partial charge is 0.0777 e. The molecule has 2 aliphatic carbocycles. The molecule has 5 aromatic carbocycles. The quantitative estimate of drug-likeness (QED) is 0.150. The van der Waals surface area contributed by atoms with E-state index in [4.69, 9.17) is 0 Å². The van der Waals surface area contributed by atoms with Crippen molar-refractivity contribution in [3.63, 3.8) is 0 Å². The zero-order valence-electron chi connectivity index (χ0n) is 28.2. The van der Waals surface area contributed by atoms with E-state index in [1.165, 1.54) is 61.8 Å². The molecule has 0 saturated carbocycles. The van der Waals surface area contributed by atoms with Gasteiger partial charge < -0.3 is 0 Å². The average Bonchev–Trinajstić information content (AvgIpc) is 3.29. The van der Waals surface area contributed by atoms with Crippen molar-refractivity contribution in [2.45, 2.75) is 98.8 Å². The molecule has 0 aliphatic heterocycles. The Kier molecular flexibility index (Phi) is 7.36. The maximum atomic E-state index is 2.47. The molecular formula is C43H50. The molecule has 2 aliphatic rings. The smallest absolute Gasteiger partial charge is 0.0174 e. The molecular weight excluding hydrogens is 516 g/mol. The number of fused-ring (bicyclic) bond motifs is 2. The Labute approximate surface area is 260 Å². The Balaban J connectivity index is 0.000000155. The Morgan fingerprint density at radius 1 is 0.767 bits per heavy atom. The topological polar surface area (TPSA) is 0 Å². The van der Waals surface area contributed by atoms with Crippen molar-refractivity contribution in [3.8, 4) is 0 Å². The number of benzene rings is 5. The molecule has 0 fully saturated rings. The van der Waals surface area contributed by atoms with Crippen LogP contribution in [0.15, 0.2) is 90.0 Å². The summed E-state index contributed by atoms with van der Waals surface area (Å²) in [6, 6.07) is 27.7. The van der Waals surface area contributed by atoms with Gasteiger partial charge in [0.1, 0.15) is 0 Å². The van der Waals surface area contributed by atoms with E-state index in [9.17, 15) is 0 Å². The average molecular weight is 567 g/mol. The van der Waals surface area contributed by atoms with Gasteiger partial charge in [0.15, 0.2) is 0 Å². The molecule has 5 aromatic rings. The molecule has 0 aromatic heterocycles. The fourth-order valence-electron chi connectivity index (χ4n) is 8.46. The summed E-state index contributed by atoms with van der Waals surface area (Å²) >= 11 is 0. The summed E-state index contributed by atoms with van der Waals surface area (Å²) in [5.74, 6) is 1.69. The van der Waals surface area contributed by atoms with Crippen molar-refractivity contribution < 1.29 is 0 Å². The number of hydrogen-bond donors (Lipinski definition) is 0. The summed E-state index contributed by atoms with van der Waals surface area (Å²) < 4.78 is 0. The highest BCUT2D eigenvalue weighted by molar-refractivity contribution is 6.23. The lowest BCUT2D eigenvalue weighted by molar-refractivity contribution is 0.438. The van der Waals surface area contributed by atoms with Gasteiger partial charge in [0.05, 0.1) is 0 Å². The normalized spacial score (nSPS) is 19.6. The van der Waals surface area contributed by atoms with Crippen LogP contribution in [0.3, 0.4) is 0 Å². The van der Waals surface area contributed by atoms with E-state index in [-0.39, 0.29) is 10.8 Å². The maximum absolute atomic E-state index is 2.47. The second-order valence-corrected chi connectivity index (χ2v) is 14.7. The molecule has 0 bridgehead atoms. The minimum absolute atomic E-state index is 0.174. The lowest BCUT2D eigenvalue weighted by Crippen LogP contribution is -2.29. The first-order chi connectivity index (χ1) is 20.4. The molecule has 0 heteroatoms. The number of allylic oxidation sites excluding steroid dienone is 4. The third-order valence-corrected chi connectivity index (χ3v) is 11.0. The molecule has 0 nitrogen and oxygen atoms in total.